The van der Waals surface area contributed by atoms with Gasteiger partial charge < -0.3 is 15.3 Å². The number of aliphatic hydroxyl groups is 1. The van der Waals surface area contributed by atoms with Gasteiger partial charge in [-0.15, -0.1) is 0 Å². The first kappa shape index (κ1) is 17.3. The lowest BCUT2D eigenvalue weighted by atomic mass is 9.87. The molecule has 0 bridgehead atoms. The smallest absolute Gasteiger partial charge is 0.144 e. The van der Waals surface area contributed by atoms with Crippen LogP contribution in [-0.2, 0) is 10.3 Å². The molecule has 24 heavy (non-hydrogen) atoms. The van der Waals surface area contributed by atoms with Gasteiger partial charge in [0.25, 0.3) is 0 Å². The Bertz CT molecular complexity index is 552. The highest BCUT2D eigenvalue weighted by atomic mass is 16.6. The van der Waals surface area contributed by atoms with Crippen molar-refractivity contribution in [2.45, 2.75) is 58.0 Å². The number of nitrogens with zero attached hydrogens (tertiary/aromatic N) is 1. The molecule has 0 heterocycles. The molecule has 1 aromatic rings. The summed E-state index contributed by atoms with van der Waals surface area (Å²) >= 11 is 0. The molecule has 1 aromatic carbocycles. The molecule has 132 valence electrons. The molecule has 3 rings (SSSR count). The number of hydrogen-bond donors (Lipinski definition) is 2. The van der Waals surface area contributed by atoms with Crippen LogP contribution in [0.4, 0.5) is 5.69 Å². The van der Waals surface area contributed by atoms with Crippen LogP contribution in [-0.4, -0.2) is 30.1 Å². The second-order valence-electron chi connectivity index (χ2n) is 8.22. The van der Waals surface area contributed by atoms with Crippen molar-refractivity contribution in [1.82, 2.24) is 0 Å². The topological polar surface area (TPSA) is 53.8 Å². The van der Waals surface area contributed by atoms with Crippen LogP contribution in [0, 0.1) is 11.8 Å². The van der Waals surface area contributed by atoms with E-state index in [0.717, 1.165) is 5.69 Å². The molecule has 0 saturated heterocycles. The zero-order valence-electron chi connectivity index (χ0n) is 15.1. The molecule has 2 aliphatic rings. The maximum absolute atomic E-state index is 10.1. The minimum Gasteiger partial charge on any atom is -0.393 e. The van der Waals surface area contributed by atoms with Crippen LogP contribution in [0.1, 0.15) is 52.0 Å². The molecular weight excluding hydrogens is 300 g/mol. The zero-order valence-corrected chi connectivity index (χ0v) is 15.1. The van der Waals surface area contributed by atoms with Crippen molar-refractivity contribution >= 4 is 11.4 Å². The summed E-state index contributed by atoms with van der Waals surface area (Å²) in [5, 5.41) is 17.6. The summed E-state index contributed by atoms with van der Waals surface area (Å²) in [6, 6.07) is 8.38. The van der Waals surface area contributed by atoms with Gasteiger partial charge in [-0.3, -0.25) is 0 Å². The largest absolute Gasteiger partial charge is 0.393 e. The summed E-state index contributed by atoms with van der Waals surface area (Å²) in [6.45, 7) is 7.32. The van der Waals surface area contributed by atoms with Gasteiger partial charge in [0, 0.05) is 24.1 Å². The number of oxime groups is 1. The molecule has 1 atom stereocenters. The summed E-state index contributed by atoms with van der Waals surface area (Å²) in [6.07, 6.45) is 4.47. The minimum absolute atomic E-state index is 0.157. The highest BCUT2D eigenvalue weighted by molar-refractivity contribution is 5.92. The third kappa shape index (κ3) is 4.97. The van der Waals surface area contributed by atoms with Gasteiger partial charge in [-0.25, -0.2) is 0 Å². The molecule has 2 N–H and O–H groups in total. The van der Waals surface area contributed by atoms with E-state index in [2.05, 4.69) is 55.5 Å². The van der Waals surface area contributed by atoms with Crippen LogP contribution in [0.2, 0.25) is 0 Å². The molecule has 4 heteroatoms. The van der Waals surface area contributed by atoms with Crippen molar-refractivity contribution in [3.8, 4) is 0 Å². The van der Waals surface area contributed by atoms with Gasteiger partial charge in [-0.05, 0) is 48.8 Å². The molecule has 0 spiro atoms. The van der Waals surface area contributed by atoms with E-state index < -0.39 is 6.10 Å². The second kappa shape index (κ2) is 7.14. The van der Waals surface area contributed by atoms with Crippen LogP contribution < -0.4 is 5.32 Å². The number of aliphatic hydroxyl groups excluding tert-OH is 1. The molecule has 0 aliphatic heterocycles. The fourth-order valence-corrected chi connectivity index (χ4v) is 2.82. The Balaban J connectivity index is 1.40. The SMILES string of the molecule is CC(C)(C)c1ccc(NC[C@H](O)CON=C(C2CC2)C2CC2)cc1. The van der Waals surface area contributed by atoms with Gasteiger partial charge in [0.2, 0.25) is 0 Å². The van der Waals surface area contributed by atoms with Crippen LogP contribution in [0.25, 0.3) is 0 Å². The molecule has 2 aliphatic carbocycles. The van der Waals surface area contributed by atoms with E-state index in [0.29, 0.717) is 18.4 Å². The number of nitrogens with one attached hydrogen (secondary N) is 1. The molecular formula is C20H30N2O2. The van der Waals surface area contributed by atoms with Gasteiger partial charge >= 0.3 is 0 Å². The lowest BCUT2D eigenvalue weighted by Gasteiger charge is -2.19. The van der Waals surface area contributed by atoms with Crippen molar-refractivity contribution in [2.75, 3.05) is 18.5 Å². The van der Waals surface area contributed by atoms with Gasteiger partial charge in [0.05, 0.1) is 5.71 Å². The van der Waals surface area contributed by atoms with Gasteiger partial charge in [-0.2, -0.15) is 0 Å². The zero-order chi connectivity index (χ0) is 17.2. The third-order valence-electron chi connectivity index (χ3n) is 4.72. The van der Waals surface area contributed by atoms with Crippen LogP contribution in [0.5, 0.6) is 0 Å². The Morgan fingerprint density at radius 2 is 1.75 bits per heavy atom. The minimum atomic E-state index is -0.560. The summed E-state index contributed by atoms with van der Waals surface area (Å²) in [5.74, 6) is 1.32. The molecule has 0 aromatic heterocycles. The second-order valence-corrected chi connectivity index (χ2v) is 8.22. The van der Waals surface area contributed by atoms with Crippen molar-refractivity contribution < 1.29 is 9.94 Å². The quantitative estimate of drug-likeness (QED) is 0.560. The first-order valence-corrected chi connectivity index (χ1v) is 9.15. The first-order valence-electron chi connectivity index (χ1n) is 9.15. The third-order valence-corrected chi connectivity index (χ3v) is 4.72. The normalized spacial score (nSPS) is 18.8. The lowest BCUT2D eigenvalue weighted by Crippen LogP contribution is -2.24. The summed E-state index contributed by atoms with van der Waals surface area (Å²) < 4.78 is 0. The number of benzene rings is 1. The van der Waals surface area contributed by atoms with E-state index in [4.69, 9.17) is 4.84 Å². The standard InChI is InChI=1S/C20H30N2O2/c1-20(2,3)16-8-10-17(11-9-16)21-12-18(23)13-24-22-19(14-4-5-14)15-6-7-15/h8-11,14-15,18,21,23H,4-7,12-13H2,1-3H3/t18-/m0/s1. The van der Waals surface area contributed by atoms with E-state index in [-0.39, 0.29) is 12.0 Å². The molecule has 0 radical (unpaired) electrons. The highest BCUT2D eigenvalue weighted by Crippen LogP contribution is 2.42. The van der Waals surface area contributed by atoms with E-state index in [1.807, 2.05) is 0 Å². The molecule has 0 unspecified atom stereocenters. The van der Waals surface area contributed by atoms with Crippen molar-refractivity contribution in [3.05, 3.63) is 29.8 Å². The van der Waals surface area contributed by atoms with Gasteiger partial charge in [0.15, 0.2) is 0 Å². The maximum atomic E-state index is 10.1. The fraction of sp³-hybridized carbons (Fsp3) is 0.650. The first-order chi connectivity index (χ1) is 11.4. The Hall–Kier alpha value is -1.55. The Labute approximate surface area is 145 Å². The molecule has 2 saturated carbocycles. The van der Waals surface area contributed by atoms with E-state index in [1.165, 1.54) is 37.0 Å². The Morgan fingerprint density at radius 1 is 1.17 bits per heavy atom. The Morgan fingerprint density at radius 3 is 2.25 bits per heavy atom. The highest BCUT2D eigenvalue weighted by Gasteiger charge is 2.38. The lowest BCUT2D eigenvalue weighted by molar-refractivity contribution is 0.0461. The molecule has 4 nitrogen and oxygen atoms in total. The van der Waals surface area contributed by atoms with Crippen LogP contribution >= 0.6 is 0 Å². The number of hydrogen-bond acceptors (Lipinski definition) is 4. The number of anilines is 1. The van der Waals surface area contributed by atoms with Crippen LogP contribution in [0.15, 0.2) is 29.4 Å². The van der Waals surface area contributed by atoms with E-state index in [9.17, 15) is 5.11 Å². The van der Waals surface area contributed by atoms with Gasteiger partial charge in [0.1, 0.15) is 12.7 Å². The fourth-order valence-electron chi connectivity index (χ4n) is 2.82. The summed E-state index contributed by atoms with van der Waals surface area (Å²) in [4.78, 5) is 5.41. The van der Waals surface area contributed by atoms with E-state index in [1.54, 1.807) is 0 Å². The van der Waals surface area contributed by atoms with Gasteiger partial charge in [-0.1, -0.05) is 38.1 Å². The van der Waals surface area contributed by atoms with Crippen molar-refractivity contribution in [2.24, 2.45) is 17.0 Å². The predicted octanol–water partition coefficient (Wildman–Crippen LogP) is 3.95. The average Bonchev–Trinajstić information content (AvgIpc) is 3.42. The van der Waals surface area contributed by atoms with E-state index >= 15 is 0 Å². The molecule has 0 amide bonds. The average molecular weight is 330 g/mol. The maximum Gasteiger partial charge on any atom is 0.144 e. The molecule has 2 fully saturated rings. The summed E-state index contributed by atoms with van der Waals surface area (Å²) in [5.41, 5.74) is 3.72. The van der Waals surface area contributed by atoms with Crippen LogP contribution in [0.3, 0.4) is 0 Å². The van der Waals surface area contributed by atoms with Crippen molar-refractivity contribution in [1.29, 1.82) is 0 Å². The predicted molar refractivity (Wildman–Crippen MR) is 98.5 cm³/mol. The number of rotatable bonds is 8. The van der Waals surface area contributed by atoms with Crippen molar-refractivity contribution in [3.63, 3.8) is 0 Å². The Kier molecular flexibility index (Phi) is 5.14. The monoisotopic (exact) mass is 330 g/mol. The summed E-state index contributed by atoms with van der Waals surface area (Å²) in [7, 11) is 0.